The van der Waals surface area contributed by atoms with Gasteiger partial charge in [0.15, 0.2) is 0 Å². The molecule has 0 aliphatic heterocycles. The molecule has 1 aliphatic carbocycles. The molecular formula is C10H21NO2. The van der Waals surface area contributed by atoms with Gasteiger partial charge in [-0.3, -0.25) is 0 Å². The third kappa shape index (κ3) is 6.99. The molecule has 0 atom stereocenters. The minimum absolute atomic E-state index is 0.127. The van der Waals surface area contributed by atoms with Crippen molar-refractivity contribution in [1.82, 2.24) is 5.32 Å². The van der Waals surface area contributed by atoms with Gasteiger partial charge >= 0.3 is 0 Å². The maximum Gasteiger partial charge on any atom is 0.0698 e. The van der Waals surface area contributed by atoms with E-state index in [1.165, 1.54) is 25.7 Å². The Morgan fingerprint density at radius 1 is 1.23 bits per heavy atom. The van der Waals surface area contributed by atoms with Crippen LogP contribution in [0.4, 0.5) is 0 Å². The Kier molecular flexibility index (Phi) is 6.15. The summed E-state index contributed by atoms with van der Waals surface area (Å²) in [6.45, 7) is 3.32. The Hall–Kier alpha value is -0.120. The number of aliphatic hydroxyl groups is 1. The molecule has 3 heteroatoms. The number of rotatable bonds is 9. The molecule has 13 heavy (non-hydrogen) atoms. The van der Waals surface area contributed by atoms with Crippen LogP contribution in [-0.2, 0) is 4.74 Å². The van der Waals surface area contributed by atoms with Crippen molar-refractivity contribution in [3.63, 3.8) is 0 Å². The summed E-state index contributed by atoms with van der Waals surface area (Å²) in [5.41, 5.74) is 0. The molecule has 1 rings (SSSR count). The van der Waals surface area contributed by atoms with E-state index in [1.807, 2.05) is 0 Å². The van der Waals surface area contributed by atoms with E-state index in [0.717, 1.165) is 19.0 Å². The number of hydrogen-bond donors (Lipinski definition) is 2. The lowest BCUT2D eigenvalue weighted by molar-refractivity contribution is 0.0939. The zero-order valence-corrected chi connectivity index (χ0v) is 8.30. The SMILES string of the molecule is OCCOCCNCCCC1CC1. The van der Waals surface area contributed by atoms with Crippen molar-refractivity contribution in [2.45, 2.75) is 25.7 Å². The third-order valence-corrected chi connectivity index (χ3v) is 2.32. The van der Waals surface area contributed by atoms with Crippen LogP contribution in [0.2, 0.25) is 0 Å². The molecule has 0 amide bonds. The highest BCUT2D eigenvalue weighted by molar-refractivity contribution is 4.72. The highest BCUT2D eigenvalue weighted by Gasteiger charge is 2.19. The fourth-order valence-corrected chi connectivity index (χ4v) is 1.36. The molecule has 0 aromatic carbocycles. The molecule has 0 radical (unpaired) electrons. The van der Waals surface area contributed by atoms with E-state index < -0.39 is 0 Å². The Balaban J connectivity index is 1.63. The molecule has 3 nitrogen and oxygen atoms in total. The summed E-state index contributed by atoms with van der Waals surface area (Å²) in [5.74, 6) is 1.05. The Morgan fingerprint density at radius 3 is 2.77 bits per heavy atom. The summed E-state index contributed by atoms with van der Waals surface area (Å²) in [6, 6.07) is 0. The van der Waals surface area contributed by atoms with Crippen LogP contribution in [0.1, 0.15) is 25.7 Å². The quantitative estimate of drug-likeness (QED) is 0.524. The monoisotopic (exact) mass is 187 g/mol. The van der Waals surface area contributed by atoms with Crippen molar-refractivity contribution in [2.75, 3.05) is 32.9 Å². The standard InChI is InChI=1S/C10H21NO2/c12-7-9-13-8-6-11-5-1-2-10-3-4-10/h10-12H,1-9H2. The fraction of sp³-hybridized carbons (Fsp3) is 1.00. The highest BCUT2D eigenvalue weighted by atomic mass is 16.5. The van der Waals surface area contributed by atoms with E-state index >= 15 is 0 Å². The zero-order chi connectivity index (χ0) is 9.36. The average molecular weight is 187 g/mol. The lowest BCUT2D eigenvalue weighted by Crippen LogP contribution is -2.21. The number of hydrogen-bond acceptors (Lipinski definition) is 3. The van der Waals surface area contributed by atoms with Gasteiger partial charge in [-0.1, -0.05) is 12.8 Å². The van der Waals surface area contributed by atoms with Crippen LogP contribution in [0.3, 0.4) is 0 Å². The summed E-state index contributed by atoms with van der Waals surface area (Å²) >= 11 is 0. The van der Waals surface area contributed by atoms with E-state index in [2.05, 4.69) is 5.32 Å². The predicted octanol–water partition coefficient (Wildman–Crippen LogP) is 0.775. The van der Waals surface area contributed by atoms with Crippen LogP contribution in [-0.4, -0.2) is 38.0 Å². The van der Waals surface area contributed by atoms with E-state index in [4.69, 9.17) is 9.84 Å². The summed E-state index contributed by atoms with van der Waals surface area (Å²) < 4.78 is 5.11. The zero-order valence-electron chi connectivity index (χ0n) is 8.30. The van der Waals surface area contributed by atoms with Gasteiger partial charge in [-0.05, 0) is 25.3 Å². The Morgan fingerprint density at radius 2 is 2.08 bits per heavy atom. The lowest BCUT2D eigenvalue weighted by atomic mass is 10.2. The van der Waals surface area contributed by atoms with E-state index in [1.54, 1.807) is 0 Å². The predicted molar refractivity (Wildman–Crippen MR) is 52.7 cm³/mol. The largest absolute Gasteiger partial charge is 0.394 e. The molecule has 0 unspecified atom stereocenters. The van der Waals surface area contributed by atoms with Gasteiger partial charge < -0.3 is 15.2 Å². The van der Waals surface area contributed by atoms with Crippen LogP contribution < -0.4 is 5.32 Å². The minimum atomic E-state index is 0.127. The molecule has 2 N–H and O–H groups in total. The molecule has 0 saturated heterocycles. The first-order valence-corrected chi connectivity index (χ1v) is 5.33. The van der Waals surface area contributed by atoms with Crippen molar-refractivity contribution < 1.29 is 9.84 Å². The van der Waals surface area contributed by atoms with Crippen molar-refractivity contribution in [1.29, 1.82) is 0 Å². The topological polar surface area (TPSA) is 41.5 Å². The molecular weight excluding hydrogens is 166 g/mol. The van der Waals surface area contributed by atoms with E-state index in [9.17, 15) is 0 Å². The van der Waals surface area contributed by atoms with Crippen LogP contribution in [0.25, 0.3) is 0 Å². The first-order chi connectivity index (χ1) is 6.43. The van der Waals surface area contributed by atoms with Gasteiger partial charge in [0.2, 0.25) is 0 Å². The summed E-state index contributed by atoms with van der Waals surface area (Å²) in [6.07, 6.45) is 5.61. The van der Waals surface area contributed by atoms with Gasteiger partial charge in [0.25, 0.3) is 0 Å². The molecule has 1 aliphatic rings. The molecule has 0 aromatic heterocycles. The van der Waals surface area contributed by atoms with Crippen LogP contribution in [0, 0.1) is 5.92 Å². The van der Waals surface area contributed by atoms with E-state index in [-0.39, 0.29) is 6.61 Å². The fourth-order valence-electron chi connectivity index (χ4n) is 1.36. The van der Waals surface area contributed by atoms with Crippen LogP contribution in [0.15, 0.2) is 0 Å². The third-order valence-electron chi connectivity index (χ3n) is 2.32. The molecule has 0 bridgehead atoms. The smallest absolute Gasteiger partial charge is 0.0698 e. The maximum absolute atomic E-state index is 8.43. The van der Waals surface area contributed by atoms with Crippen molar-refractivity contribution in [3.05, 3.63) is 0 Å². The normalized spacial score (nSPS) is 16.4. The number of ether oxygens (including phenoxy) is 1. The molecule has 78 valence electrons. The molecule has 0 aromatic rings. The first kappa shape index (κ1) is 11.0. The molecule has 0 spiro atoms. The van der Waals surface area contributed by atoms with Crippen LogP contribution in [0.5, 0.6) is 0 Å². The highest BCUT2D eigenvalue weighted by Crippen LogP contribution is 2.33. The Labute approximate surface area is 80.5 Å². The minimum Gasteiger partial charge on any atom is -0.394 e. The average Bonchev–Trinajstić information content (AvgIpc) is 2.93. The first-order valence-electron chi connectivity index (χ1n) is 5.33. The van der Waals surface area contributed by atoms with Crippen molar-refractivity contribution in [3.8, 4) is 0 Å². The van der Waals surface area contributed by atoms with Crippen LogP contribution >= 0.6 is 0 Å². The molecule has 1 fully saturated rings. The number of nitrogens with one attached hydrogen (secondary N) is 1. The van der Waals surface area contributed by atoms with Gasteiger partial charge in [-0.15, -0.1) is 0 Å². The second-order valence-corrected chi connectivity index (χ2v) is 3.67. The number of aliphatic hydroxyl groups excluding tert-OH is 1. The van der Waals surface area contributed by atoms with Crippen molar-refractivity contribution in [2.24, 2.45) is 5.92 Å². The summed E-state index contributed by atoms with van der Waals surface area (Å²) in [4.78, 5) is 0. The Bertz CT molecular complexity index is 115. The second-order valence-electron chi connectivity index (χ2n) is 3.67. The van der Waals surface area contributed by atoms with Gasteiger partial charge in [-0.25, -0.2) is 0 Å². The van der Waals surface area contributed by atoms with Gasteiger partial charge in [-0.2, -0.15) is 0 Å². The summed E-state index contributed by atoms with van der Waals surface area (Å²) in [7, 11) is 0. The maximum atomic E-state index is 8.43. The molecule has 1 saturated carbocycles. The summed E-state index contributed by atoms with van der Waals surface area (Å²) in [5, 5.41) is 11.8. The van der Waals surface area contributed by atoms with Crippen molar-refractivity contribution >= 4 is 0 Å². The van der Waals surface area contributed by atoms with Gasteiger partial charge in [0.1, 0.15) is 0 Å². The lowest BCUT2D eigenvalue weighted by Gasteiger charge is -2.04. The second kappa shape index (κ2) is 7.30. The molecule has 0 heterocycles. The van der Waals surface area contributed by atoms with Gasteiger partial charge in [0.05, 0.1) is 19.8 Å². The van der Waals surface area contributed by atoms with Gasteiger partial charge in [0, 0.05) is 6.54 Å². The van der Waals surface area contributed by atoms with E-state index in [0.29, 0.717) is 13.2 Å².